The Balaban J connectivity index is 1.61. The number of nitrogens with one attached hydrogen (secondary N) is 3. The van der Waals surface area contributed by atoms with Crippen LogP contribution in [0.25, 0.3) is 0 Å². The molecule has 3 N–H and O–H groups in total. The van der Waals surface area contributed by atoms with E-state index in [1.54, 1.807) is 25.3 Å². The number of ether oxygens (including phenoxy) is 1. The second-order valence-corrected chi connectivity index (χ2v) is 6.51. The van der Waals surface area contributed by atoms with Gasteiger partial charge in [-0.25, -0.2) is 4.79 Å². The molecule has 0 aliphatic rings. The molecule has 148 valence electrons. The summed E-state index contributed by atoms with van der Waals surface area (Å²) in [5, 5.41) is 8.45. The van der Waals surface area contributed by atoms with Gasteiger partial charge in [-0.15, -0.1) is 0 Å². The number of amides is 3. The number of anilines is 2. The lowest BCUT2D eigenvalue weighted by Crippen LogP contribution is -2.28. The summed E-state index contributed by atoms with van der Waals surface area (Å²) in [6.45, 7) is 2.25. The van der Waals surface area contributed by atoms with Gasteiger partial charge in [-0.05, 0) is 54.4 Å². The summed E-state index contributed by atoms with van der Waals surface area (Å²) in [4.78, 5) is 24.8. The second kappa shape index (κ2) is 9.41. The van der Waals surface area contributed by atoms with Crippen molar-refractivity contribution in [2.24, 2.45) is 0 Å². The molecule has 0 unspecified atom stereocenters. The summed E-state index contributed by atoms with van der Waals surface area (Å²) in [6.07, 6.45) is 0. The standard InChI is InChI=1S/C23H23N3O3/c1-16-8-11-18(22(27)25-19-6-4-3-5-7-19)14-21(16)26-23(28)24-15-17-9-12-20(29-2)13-10-17/h3-14H,15H2,1-2H3,(H,25,27)(H2,24,26,28). The highest BCUT2D eigenvalue weighted by molar-refractivity contribution is 6.05. The van der Waals surface area contributed by atoms with E-state index in [0.29, 0.717) is 23.5 Å². The maximum atomic E-state index is 12.5. The summed E-state index contributed by atoms with van der Waals surface area (Å²) < 4.78 is 5.12. The molecule has 6 heteroatoms. The van der Waals surface area contributed by atoms with Crippen molar-refractivity contribution in [1.29, 1.82) is 0 Å². The number of para-hydroxylation sites is 1. The highest BCUT2D eigenvalue weighted by Gasteiger charge is 2.10. The fourth-order valence-corrected chi connectivity index (χ4v) is 2.71. The maximum absolute atomic E-state index is 12.5. The molecule has 0 spiro atoms. The highest BCUT2D eigenvalue weighted by atomic mass is 16.5. The normalized spacial score (nSPS) is 10.1. The van der Waals surface area contributed by atoms with Crippen LogP contribution in [0.15, 0.2) is 72.8 Å². The quantitative estimate of drug-likeness (QED) is 0.577. The van der Waals surface area contributed by atoms with Crippen LogP contribution in [0.4, 0.5) is 16.2 Å². The van der Waals surface area contributed by atoms with Gasteiger partial charge in [-0.3, -0.25) is 4.79 Å². The largest absolute Gasteiger partial charge is 0.497 e. The third-order valence-electron chi connectivity index (χ3n) is 4.39. The zero-order chi connectivity index (χ0) is 20.6. The van der Waals surface area contributed by atoms with Crippen LogP contribution in [0.3, 0.4) is 0 Å². The maximum Gasteiger partial charge on any atom is 0.319 e. The van der Waals surface area contributed by atoms with E-state index >= 15 is 0 Å². The van der Waals surface area contributed by atoms with E-state index in [4.69, 9.17) is 4.74 Å². The summed E-state index contributed by atoms with van der Waals surface area (Å²) in [5.41, 5.74) is 3.57. The van der Waals surface area contributed by atoms with Crippen LogP contribution in [0.5, 0.6) is 5.75 Å². The Bertz CT molecular complexity index is 986. The van der Waals surface area contributed by atoms with E-state index in [2.05, 4.69) is 16.0 Å². The minimum Gasteiger partial charge on any atom is -0.497 e. The molecule has 0 radical (unpaired) electrons. The number of carbonyl (C=O) groups is 2. The lowest BCUT2D eigenvalue weighted by Gasteiger charge is -2.12. The minimum atomic E-state index is -0.343. The van der Waals surface area contributed by atoms with Crippen molar-refractivity contribution in [3.63, 3.8) is 0 Å². The molecule has 3 aromatic rings. The number of urea groups is 1. The Morgan fingerprint density at radius 2 is 1.62 bits per heavy atom. The Morgan fingerprint density at radius 3 is 2.31 bits per heavy atom. The van der Waals surface area contributed by atoms with Gasteiger partial charge in [0.15, 0.2) is 0 Å². The third-order valence-corrected chi connectivity index (χ3v) is 4.39. The van der Waals surface area contributed by atoms with Crippen molar-refractivity contribution >= 4 is 23.3 Å². The van der Waals surface area contributed by atoms with Gasteiger partial charge in [0, 0.05) is 23.5 Å². The van der Waals surface area contributed by atoms with Crippen molar-refractivity contribution in [3.8, 4) is 5.75 Å². The number of methoxy groups -OCH3 is 1. The van der Waals surface area contributed by atoms with Crippen molar-refractivity contribution in [2.45, 2.75) is 13.5 Å². The number of rotatable bonds is 6. The number of aryl methyl sites for hydroxylation is 1. The Labute approximate surface area is 169 Å². The number of hydrogen-bond donors (Lipinski definition) is 3. The van der Waals surface area contributed by atoms with Crippen LogP contribution in [0.1, 0.15) is 21.5 Å². The summed E-state index contributed by atoms with van der Waals surface area (Å²) in [6, 6.07) is 21.5. The first kappa shape index (κ1) is 19.9. The van der Waals surface area contributed by atoms with Crippen LogP contribution in [0, 0.1) is 6.92 Å². The molecule has 3 amide bonds. The number of benzene rings is 3. The van der Waals surface area contributed by atoms with Gasteiger partial charge < -0.3 is 20.7 Å². The van der Waals surface area contributed by atoms with E-state index in [9.17, 15) is 9.59 Å². The first-order valence-electron chi connectivity index (χ1n) is 9.20. The van der Waals surface area contributed by atoms with E-state index < -0.39 is 0 Å². The molecule has 0 saturated carbocycles. The number of hydrogen-bond acceptors (Lipinski definition) is 3. The monoisotopic (exact) mass is 389 g/mol. The molecule has 0 fully saturated rings. The van der Waals surface area contributed by atoms with Crippen LogP contribution in [-0.4, -0.2) is 19.0 Å². The van der Waals surface area contributed by atoms with Gasteiger partial charge in [0.2, 0.25) is 0 Å². The first-order chi connectivity index (χ1) is 14.0. The average Bonchev–Trinajstić information content (AvgIpc) is 2.75. The molecule has 6 nitrogen and oxygen atoms in total. The van der Waals surface area contributed by atoms with Gasteiger partial charge in [0.25, 0.3) is 5.91 Å². The lowest BCUT2D eigenvalue weighted by molar-refractivity contribution is 0.102. The van der Waals surface area contributed by atoms with Crippen molar-refractivity contribution in [1.82, 2.24) is 5.32 Å². The van der Waals surface area contributed by atoms with Crippen molar-refractivity contribution in [2.75, 3.05) is 17.7 Å². The van der Waals surface area contributed by atoms with Gasteiger partial charge >= 0.3 is 6.03 Å². The van der Waals surface area contributed by atoms with E-state index in [0.717, 1.165) is 16.9 Å². The van der Waals surface area contributed by atoms with Crippen LogP contribution in [-0.2, 0) is 6.54 Å². The zero-order valence-corrected chi connectivity index (χ0v) is 16.4. The molecule has 0 atom stereocenters. The zero-order valence-electron chi connectivity index (χ0n) is 16.4. The second-order valence-electron chi connectivity index (χ2n) is 6.51. The van der Waals surface area contributed by atoms with Gasteiger partial charge in [0.1, 0.15) is 5.75 Å². The fraction of sp³-hybridized carbons (Fsp3) is 0.130. The topological polar surface area (TPSA) is 79.5 Å². The smallest absolute Gasteiger partial charge is 0.319 e. The van der Waals surface area contributed by atoms with Gasteiger partial charge in [0.05, 0.1) is 7.11 Å². The molecule has 0 bridgehead atoms. The van der Waals surface area contributed by atoms with E-state index in [1.807, 2.05) is 61.5 Å². The van der Waals surface area contributed by atoms with E-state index in [1.165, 1.54) is 0 Å². The minimum absolute atomic E-state index is 0.238. The fourth-order valence-electron chi connectivity index (χ4n) is 2.71. The van der Waals surface area contributed by atoms with Crippen LogP contribution >= 0.6 is 0 Å². The molecule has 3 rings (SSSR count). The molecule has 0 saturated heterocycles. The Hall–Kier alpha value is -3.80. The molecule has 0 aliphatic carbocycles. The van der Waals surface area contributed by atoms with Crippen molar-refractivity contribution in [3.05, 3.63) is 89.5 Å². The summed E-state index contributed by atoms with van der Waals surface area (Å²) >= 11 is 0. The average molecular weight is 389 g/mol. The summed E-state index contributed by atoms with van der Waals surface area (Å²) in [5.74, 6) is 0.525. The summed E-state index contributed by atoms with van der Waals surface area (Å²) in [7, 11) is 1.61. The highest BCUT2D eigenvalue weighted by Crippen LogP contribution is 2.18. The predicted molar refractivity (Wildman–Crippen MR) is 114 cm³/mol. The van der Waals surface area contributed by atoms with Gasteiger partial charge in [-0.1, -0.05) is 36.4 Å². The molecule has 0 aliphatic heterocycles. The predicted octanol–water partition coefficient (Wildman–Crippen LogP) is 4.58. The van der Waals surface area contributed by atoms with Crippen LogP contribution < -0.4 is 20.7 Å². The Morgan fingerprint density at radius 1 is 0.897 bits per heavy atom. The van der Waals surface area contributed by atoms with Crippen LogP contribution in [0.2, 0.25) is 0 Å². The molecule has 0 aromatic heterocycles. The Kier molecular flexibility index (Phi) is 6.47. The van der Waals surface area contributed by atoms with Gasteiger partial charge in [-0.2, -0.15) is 0 Å². The first-order valence-corrected chi connectivity index (χ1v) is 9.20. The molecule has 0 heterocycles. The molecular formula is C23H23N3O3. The molecule has 3 aromatic carbocycles. The SMILES string of the molecule is COc1ccc(CNC(=O)Nc2cc(C(=O)Nc3ccccc3)ccc2C)cc1. The molecule has 29 heavy (non-hydrogen) atoms. The van der Waals surface area contributed by atoms with E-state index in [-0.39, 0.29) is 11.9 Å². The third kappa shape index (κ3) is 5.59. The lowest BCUT2D eigenvalue weighted by atomic mass is 10.1. The van der Waals surface area contributed by atoms with Crippen molar-refractivity contribution < 1.29 is 14.3 Å². The number of carbonyl (C=O) groups excluding carboxylic acids is 2. The molecular weight excluding hydrogens is 366 g/mol.